The maximum atomic E-state index is 9.06. The lowest BCUT2D eigenvalue weighted by Crippen LogP contribution is -2.09. The summed E-state index contributed by atoms with van der Waals surface area (Å²) >= 11 is 6.07. The number of aliphatic hydroxyl groups excluding tert-OH is 1. The van der Waals surface area contributed by atoms with Crippen LogP contribution in [0.3, 0.4) is 0 Å². The summed E-state index contributed by atoms with van der Waals surface area (Å²) in [5.74, 6) is 0.961. The highest BCUT2D eigenvalue weighted by atomic mass is 35.5. The molecule has 0 spiro atoms. The van der Waals surface area contributed by atoms with Gasteiger partial charge in [0.05, 0.1) is 11.0 Å². The van der Waals surface area contributed by atoms with Gasteiger partial charge in [-0.15, -0.1) is 0 Å². The zero-order chi connectivity index (χ0) is 13.2. The van der Waals surface area contributed by atoms with Gasteiger partial charge in [0.25, 0.3) is 0 Å². The van der Waals surface area contributed by atoms with Crippen LogP contribution in [0.15, 0.2) is 18.2 Å². The summed E-state index contributed by atoms with van der Waals surface area (Å²) in [5, 5.41) is 9.76. The minimum absolute atomic E-state index is 0.0740. The molecule has 1 aromatic carbocycles. The first-order valence-electron chi connectivity index (χ1n) is 6.68. The Kier molecular flexibility index (Phi) is 3.73. The van der Waals surface area contributed by atoms with Gasteiger partial charge in [0, 0.05) is 24.8 Å². The van der Waals surface area contributed by atoms with E-state index in [2.05, 4.69) is 9.55 Å². The summed E-state index contributed by atoms with van der Waals surface area (Å²) in [6.45, 7) is 1.71. The minimum Gasteiger partial charge on any atom is -0.396 e. The molecule has 3 rings (SSSR count). The number of ether oxygens (including phenoxy) is 1. The van der Waals surface area contributed by atoms with Gasteiger partial charge in [-0.1, -0.05) is 11.6 Å². The molecule has 1 unspecified atom stereocenters. The Morgan fingerprint density at radius 3 is 3.11 bits per heavy atom. The third-order valence-corrected chi connectivity index (χ3v) is 3.73. The Morgan fingerprint density at radius 2 is 2.37 bits per heavy atom. The van der Waals surface area contributed by atoms with Crippen molar-refractivity contribution in [3.63, 3.8) is 0 Å². The summed E-state index contributed by atoms with van der Waals surface area (Å²) in [4.78, 5) is 4.69. The summed E-state index contributed by atoms with van der Waals surface area (Å²) < 4.78 is 7.87. The van der Waals surface area contributed by atoms with Gasteiger partial charge in [0.15, 0.2) is 0 Å². The van der Waals surface area contributed by atoms with Crippen LogP contribution in [-0.4, -0.2) is 27.9 Å². The van der Waals surface area contributed by atoms with Crippen LogP contribution in [0.2, 0.25) is 5.02 Å². The van der Waals surface area contributed by atoms with E-state index >= 15 is 0 Å². The molecule has 0 aliphatic carbocycles. The van der Waals surface area contributed by atoms with Crippen LogP contribution in [0.1, 0.15) is 31.2 Å². The van der Waals surface area contributed by atoms with Crippen molar-refractivity contribution in [2.24, 2.45) is 0 Å². The molecule has 5 heteroatoms. The molecule has 102 valence electrons. The molecule has 1 aliphatic heterocycles. The lowest BCUT2D eigenvalue weighted by Gasteiger charge is -2.13. The topological polar surface area (TPSA) is 47.3 Å². The van der Waals surface area contributed by atoms with E-state index in [1.165, 1.54) is 0 Å². The average molecular weight is 281 g/mol. The number of benzene rings is 1. The van der Waals surface area contributed by atoms with E-state index in [0.717, 1.165) is 42.9 Å². The number of rotatable bonds is 4. The van der Waals surface area contributed by atoms with Gasteiger partial charge in [-0.3, -0.25) is 0 Å². The molecule has 1 atom stereocenters. The van der Waals surface area contributed by atoms with Gasteiger partial charge in [-0.2, -0.15) is 0 Å². The fourth-order valence-electron chi connectivity index (χ4n) is 2.61. The second kappa shape index (κ2) is 5.49. The number of aromatic nitrogens is 2. The third-order valence-electron chi connectivity index (χ3n) is 3.50. The van der Waals surface area contributed by atoms with Crippen LogP contribution in [0.25, 0.3) is 11.0 Å². The lowest BCUT2D eigenvalue weighted by atomic mass is 10.2. The zero-order valence-electron chi connectivity index (χ0n) is 10.7. The van der Waals surface area contributed by atoms with Crippen molar-refractivity contribution in [1.29, 1.82) is 0 Å². The highest BCUT2D eigenvalue weighted by Gasteiger charge is 2.24. The molecule has 19 heavy (non-hydrogen) atoms. The van der Waals surface area contributed by atoms with Crippen LogP contribution < -0.4 is 0 Å². The van der Waals surface area contributed by atoms with E-state index in [9.17, 15) is 0 Å². The number of imidazole rings is 1. The maximum absolute atomic E-state index is 9.06. The van der Waals surface area contributed by atoms with Gasteiger partial charge < -0.3 is 14.4 Å². The van der Waals surface area contributed by atoms with Crippen LogP contribution in [-0.2, 0) is 11.3 Å². The third kappa shape index (κ3) is 2.48. The summed E-state index contributed by atoms with van der Waals surface area (Å²) in [7, 11) is 0. The van der Waals surface area contributed by atoms with Crippen molar-refractivity contribution in [1.82, 2.24) is 9.55 Å². The van der Waals surface area contributed by atoms with Crippen molar-refractivity contribution in [3.05, 3.63) is 29.0 Å². The zero-order valence-corrected chi connectivity index (χ0v) is 11.4. The van der Waals surface area contributed by atoms with Crippen molar-refractivity contribution < 1.29 is 9.84 Å². The fraction of sp³-hybridized carbons (Fsp3) is 0.500. The monoisotopic (exact) mass is 280 g/mol. The summed E-state index contributed by atoms with van der Waals surface area (Å²) in [6.07, 6.45) is 2.87. The van der Waals surface area contributed by atoms with E-state index in [-0.39, 0.29) is 12.7 Å². The Hall–Kier alpha value is -1.10. The number of aryl methyl sites for hydroxylation is 1. The second-order valence-corrected chi connectivity index (χ2v) is 5.27. The minimum atomic E-state index is 0.0740. The molecule has 0 radical (unpaired) electrons. The predicted molar refractivity (Wildman–Crippen MR) is 74.4 cm³/mol. The molecule has 1 fully saturated rings. The van der Waals surface area contributed by atoms with E-state index in [1.807, 2.05) is 18.2 Å². The van der Waals surface area contributed by atoms with Gasteiger partial charge in [-0.05, 0) is 37.5 Å². The molecular weight excluding hydrogens is 264 g/mol. The highest BCUT2D eigenvalue weighted by molar-refractivity contribution is 6.31. The van der Waals surface area contributed by atoms with E-state index in [1.54, 1.807) is 0 Å². The van der Waals surface area contributed by atoms with E-state index in [0.29, 0.717) is 11.4 Å². The molecule has 2 heterocycles. The Morgan fingerprint density at radius 1 is 1.47 bits per heavy atom. The lowest BCUT2D eigenvalue weighted by molar-refractivity contribution is 0.102. The number of hydrogen-bond acceptors (Lipinski definition) is 3. The smallest absolute Gasteiger partial charge is 0.139 e. The van der Waals surface area contributed by atoms with E-state index in [4.69, 9.17) is 21.4 Å². The van der Waals surface area contributed by atoms with Crippen molar-refractivity contribution >= 4 is 22.6 Å². The molecule has 0 bridgehead atoms. The van der Waals surface area contributed by atoms with Crippen LogP contribution >= 0.6 is 11.6 Å². The number of hydrogen-bond donors (Lipinski definition) is 1. The number of halogens is 1. The molecule has 1 N–H and O–H groups in total. The number of nitrogens with zero attached hydrogens (tertiary/aromatic N) is 2. The molecule has 0 saturated carbocycles. The number of fused-ring (bicyclic) bond motifs is 1. The van der Waals surface area contributed by atoms with Gasteiger partial charge in [0.2, 0.25) is 0 Å². The first kappa shape index (κ1) is 12.9. The molecule has 0 amide bonds. The van der Waals surface area contributed by atoms with E-state index < -0.39 is 0 Å². The van der Waals surface area contributed by atoms with Crippen LogP contribution in [0.4, 0.5) is 0 Å². The molecule has 1 saturated heterocycles. The summed E-state index contributed by atoms with van der Waals surface area (Å²) in [6, 6.07) is 5.72. The average Bonchev–Trinajstić information content (AvgIpc) is 3.03. The fourth-order valence-corrected chi connectivity index (χ4v) is 2.77. The molecule has 2 aromatic rings. The Bertz CT molecular complexity index is 576. The van der Waals surface area contributed by atoms with Gasteiger partial charge >= 0.3 is 0 Å². The molecule has 1 aliphatic rings. The van der Waals surface area contributed by atoms with Crippen molar-refractivity contribution in [2.45, 2.75) is 31.9 Å². The molecular formula is C14H17ClN2O2. The highest BCUT2D eigenvalue weighted by Crippen LogP contribution is 2.31. The first-order valence-corrected chi connectivity index (χ1v) is 7.05. The first-order chi connectivity index (χ1) is 9.29. The van der Waals surface area contributed by atoms with Crippen molar-refractivity contribution in [2.75, 3.05) is 13.2 Å². The predicted octanol–water partition coefficient (Wildman–Crippen LogP) is 2.92. The SMILES string of the molecule is OCCCn1c(C2CCCO2)nc2ccc(Cl)cc21. The maximum Gasteiger partial charge on any atom is 0.139 e. The van der Waals surface area contributed by atoms with Crippen LogP contribution in [0.5, 0.6) is 0 Å². The van der Waals surface area contributed by atoms with Gasteiger partial charge in [-0.25, -0.2) is 4.98 Å². The molecule has 4 nitrogen and oxygen atoms in total. The molecule has 1 aromatic heterocycles. The second-order valence-electron chi connectivity index (χ2n) is 4.83. The largest absolute Gasteiger partial charge is 0.396 e. The quantitative estimate of drug-likeness (QED) is 0.937. The summed E-state index contributed by atoms with van der Waals surface area (Å²) in [5.41, 5.74) is 1.96. The number of aliphatic hydroxyl groups is 1. The Balaban J connectivity index is 2.07. The van der Waals surface area contributed by atoms with Crippen LogP contribution in [0, 0.1) is 0 Å². The Labute approximate surface area is 117 Å². The van der Waals surface area contributed by atoms with Gasteiger partial charge in [0.1, 0.15) is 11.9 Å². The standard InChI is InChI=1S/C14H17ClN2O2/c15-10-4-5-11-12(9-10)17(6-2-7-18)14(16-11)13-3-1-8-19-13/h4-5,9,13,18H,1-3,6-8H2. The normalized spacial score (nSPS) is 19.4. The van der Waals surface area contributed by atoms with Crippen molar-refractivity contribution in [3.8, 4) is 0 Å².